The fourth-order valence-corrected chi connectivity index (χ4v) is 3.24. The number of carbonyl (C=O) groups excluding carboxylic acids is 2. The maximum Gasteiger partial charge on any atom is 0.256 e. The van der Waals surface area contributed by atoms with Crippen molar-refractivity contribution in [3.8, 4) is 0 Å². The molecule has 1 aliphatic heterocycles. The Morgan fingerprint density at radius 3 is 2.65 bits per heavy atom. The molecule has 3 rings (SSSR count). The fourth-order valence-electron chi connectivity index (χ4n) is 3.24. The summed E-state index contributed by atoms with van der Waals surface area (Å²) in [6.07, 6.45) is 4.04. The molecule has 1 saturated carbocycles. The first-order valence-corrected chi connectivity index (χ1v) is 8.45. The zero-order valence-electron chi connectivity index (χ0n) is 13.9. The Morgan fingerprint density at radius 1 is 1.22 bits per heavy atom. The van der Waals surface area contributed by atoms with Crippen molar-refractivity contribution >= 4 is 17.5 Å². The zero-order valence-corrected chi connectivity index (χ0v) is 13.9. The molecule has 5 heteroatoms. The summed E-state index contributed by atoms with van der Waals surface area (Å²) in [6.45, 7) is 1.51. The van der Waals surface area contributed by atoms with Crippen molar-refractivity contribution in [1.82, 2.24) is 10.2 Å². The molecule has 1 heterocycles. The van der Waals surface area contributed by atoms with E-state index in [1.165, 1.54) is 0 Å². The minimum absolute atomic E-state index is 0.0241. The van der Waals surface area contributed by atoms with Gasteiger partial charge >= 0.3 is 0 Å². The van der Waals surface area contributed by atoms with E-state index in [1.54, 1.807) is 11.9 Å². The molecule has 0 bridgehead atoms. The molecule has 23 heavy (non-hydrogen) atoms. The van der Waals surface area contributed by atoms with Crippen LogP contribution in [0.15, 0.2) is 24.3 Å². The Labute approximate surface area is 137 Å². The maximum absolute atomic E-state index is 13.0. The van der Waals surface area contributed by atoms with Gasteiger partial charge in [-0.05, 0) is 44.9 Å². The molecule has 5 nitrogen and oxygen atoms in total. The van der Waals surface area contributed by atoms with Crippen LogP contribution in [0.25, 0.3) is 0 Å². The Hall–Kier alpha value is -1.88. The van der Waals surface area contributed by atoms with Crippen molar-refractivity contribution in [1.29, 1.82) is 0 Å². The van der Waals surface area contributed by atoms with E-state index in [2.05, 4.69) is 5.32 Å². The number of piperidine rings is 1. The molecule has 1 aromatic carbocycles. The summed E-state index contributed by atoms with van der Waals surface area (Å²) in [4.78, 5) is 28.9. The fraction of sp³-hybridized carbons (Fsp3) is 0.556. The summed E-state index contributed by atoms with van der Waals surface area (Å²) in [6, 6.07) is 7.80. The lowest BCUT2D eigenvalue weighted by Crippen LogP contribution is -2.47. The Morgan fingerprint density at radius 2 is 1.96 bits per heavy atom. The number of nitrogens with one attached hydrogen (secondary N) is 1. The van der Waals surface area contributed by atoms with E-state index in [0.29, 0.717) is 11.6 Å². The second-order valence-corrected chi connectivity index (χ2v) is 6.57. The van der Waals surface area contributed by atoms with Gasteiger partial charge < -0.3 is 15.1 Å². The van der Waals surface area contributed by atoms with Crippen molar-refractivity contribution in [3.05, 3.63) is 29.8 Å². The lowest BCUT2D eigenvalue weighted by Gasteiger charge is -2.33. The van der Waals surface area contributed by atoms with Gasteiger partial charge in [0.25, 0.3) is 5.91 Å². The zero-order chi connectivity index (χ0) is 16.4. The molecule has 1 saturated heterocycles. The second kappa shape index (κ2) is 6.71. The molecule has 1 unspecified atom stereocenters. The summed E-state index contributed by atoms with van der Waals surface area (Å²) < 4.78 is 0. The Balaban J connectivity index is 1.81. The number of anilines is 1. The third kappa shape index (κ3) is 3.39. The van der Waals surface area contributed by atoms with Gasteiger partial charge in [0.05, 0.1) is 11.3 Å². The van der Waals surface area contributed by atoms with Crippen molar-refractivity contribution in [3.63, 3.8) is 0 Å². The number of hydrogen-bond acceptors (Lipinski definition) is 3. The summed E-state index contributed by atoms with van der Waals surface area (Å²) >= 11 is 0. The van der Waals surface area contributed by atoms with Gasteiger partial charge in [0.2, 0.25) is 5.91 Å². The van der Waals surface area contributed by atoms with Crippen LogP contribution in [0.5, 0.6) is 0 Å². The third-order valence-electron chi connectivity index (χ3n) is 4.87. The average Bonchev–Trinajstić information content (AvgIpc) is 3.45. The first-order valence-electron chi connectivity index (χ1n) is 8.45. The average molecular weight is 315 g/mol. The van der Waals surface area contributed by atoms with Gasteiger partial charge in [0.1, 0.15) is 0 Å². The monoisotopic (exact) mass is 315 g/mol. The Bertz CT molecular complexity index is 598. The van der Waals surface area contributed by atoms with E-state index in [9.17, 15) is 9.59 Å². The van der Waals surface area contributed by atoms with Gasteiger partial charge in [0, 0.05) is 32.1 Å². The molecular weight excluding hydrogens is 290 g/mol. The van der Waals surface area contributed by atoms with Crippen LogP contribution in [0.2, 0.25) is 0 Å². The number of likely N-dealkylation sites (tertiary alicyclic amines) is 1. The van der Waals surface area contributed by atoms with Crippen molar-refractivity contribution in [2.45, 2.75) is 31.7 Å². The first-order chi connectivity index (χ1) is 11.1. The summed E-state index contributed by atoms with van der Waals surface area (Å²) in [5, 5.41) is 3.26. The highest BCUT2D eigenvalue weighted by Crippen LogP contribution is 2.33. The van der Waals surface area contributed by atoms with Gasteiger partial charge in [-0.1, -0.05) is 12.1 Å². The molecule has 0 aromatic heterocycles. The highest BCUT2D eigenvalue weighted by atomic mass is 16.2. The van der Waals surface area contributed by atoms with Crippen LogP contribution in [0.4, 0.5) is 5.69 Å². The van der Waals surface area contributed by atoms with Crippen molar-refractivity contribution in [2.75, 3.05) is 32.1 Å². The van der Waals surface area contributed by atoms with Gasteiger partial charge in [0.15, 0.2) is 0 Å². The first kappa shape index (κ1) is 16.0. The van der Waals surface area contributed by atoms with Crippen LogP contribution in [-0.2, 0) is 4.79 Å². The van der Waals surface area contributed by atoms with Crippen LogP contribution < -0.4 is 10.2 Å². The molecule has 1 N–H and O–H groups in total. The SMILES string of the molecule is CNC1CCCN(C(=O)c2ccccc2N(C)C(=O)C2CC2)C1. The van der Waals surface area contributed by atoms with Crippen LogP contribution >= 0.6 is 0 Å². The summed E-state index contributed by atoms with van der Waals surface area (Å²) in [5.74, 6) is 0.291. The maximum atomic E-state index is 13.0. The van der Waals surface area contributed by atoms with Crippen LogP contribution in [0.1, 0.15) is 36.0 Å². The molecule has 124 valence electrons. The number of likely N-dealkylation sites (N-methyl/N-ethyl adjacent to an activating group) is 1. The standard InChI is InChI=1S/C18H25N3O2/c1-19-14-6-5-11-21(12-14)18(23)15-7-3-4-8-16(15)20(2)17(22)13-9-10-13/h3-4,7-8,13-14,19H,5-6,9-12H2,1-2H3. The van der Waals surface area contributed by atoms with E-state index in [-0.39, 0.29) is 17.7 Å². The second-order valence-electron chi connectivity index (χ2n) is 6.57. The van der Waals surface area contributed by atoms with Crippen LogP contribution in [0.3, 0.4) is 0 Å². The summed E-state index contributed by atoms with van der Waals surface area (Å²) in [5.41, 5.74) is 1.35. The van der Waals surface area contributed by atoms with Crippen molar-refractivity contribution in [2.24, 2.45) is 5.92 Å². The number of carbonyl (C=O) groups is 2. The topological polar surface area (TPSA) is 52.7 Å². The lowest BCUT2D eigenvalue weighted by atomic mass is 10.0. The lowest BCUT2D eigenvalue weighted by molar-refractivity contribution is -0.119. The molecule has 2 amide bonds. The number of benzene rings is 1. The number of hydrogen-bond donors (Lipinski definition) is 1. The molecule has 1 aromatic rings. The minimum Gasteiger partial charge on any atom is -0.337 e. The summed E-state index contributed by atoms with van der Waals surface area (Å²) in [7, 11) is 3.72. The van der Waals surface area contributed by atoms with E-state index >= 15 is 0 Å². The van der Waals surface area contributed by atoms with E-state index in [1.807, 2.05) is 36.2 Å². The van der Waals surface area contributed by atoms with E-state index < -0.39 is 0 Å². The van der Waals surface area contributed by atoms with Gasteiger partial charge in [-0.2, -0.15) is 0 Å². The molecule has 1 atom stereocenters. The van der Waals surface area contributed by atoms with Crippen molar-refractivity contribution < 1.29 is 9.59 Å². The quantitative estimate of drug-likeness (QED) is 0.923. The van der Waals surface area contributed by atoms with Gasteiger partial charge in [-0.3, -0.25) is 9.59 Å². The molecule has 1 aliphatic carbocycles. The predicted octanol–water partition coefficient (Wildman–Crippen LogP) is 1.88. The molecule has 0 radical (unpaired) electrons. The minimum atomic E-state index is 0.0241. The molecule has 2 aliphatic rings. The van der Waals surface area contributed by atoms with E-state index in [4.69, 9.17) is 0 Å². The number of nitrogens with zero attached hydrogens (tertiary/aromatic N) is 2. The van der Waals surface area contributed by atoms with Gasteiger partial charge in [-0.15, -0.1) is 0 Å². The number of rotatable bonds is 4. The molecule has 0 spiro atoms. The van der Waals surface area contributed by atoms with E-state index in [0.717, 1.165) is 44.5 Å². The predicted molar refractivity (Wildman–Crippen MR) is 90.6 cm³/mol. The normalized spacial score (nSPS) is 21.1. The smallest absolute Gasteiger partial charge is 0.256 e. The largest absolute Gasteiger partial charge is 0.337 e. The highest BCUT2D eigenvalue weighted by Gasteiger charge is 2.34. The Kier molecular flexibility index (Phi) is 4.66. The third-order valence-corrected chi connectivity index (χ3v) is 4.87. The number of amides is 2. The highest BCUT2D eigenvalue weighted by molar-refractivity contribution is 6.05. The van der Waals surface area contributed by atoms with Crippen LogP contribution in [0, 0.1) is 5.92 Å². The van der Waals surface area contributed by atoms with Crippen LogP contribution in [-0.4, -0.2) is 49.9 Å². The number of para-hydroxylation sites is 1. The van der Waals surface area contributed by atoms with Gasteiger partial charge in [-0.25, -0.2) is 0 Å². The molecular formula is C18H25N3O2. The molecule has 2 fully saturated rings.